The van der Waals surface area contributed by atoms with E-state index in [1.807, 2.05) is 52.1 Å². The van der Waals surface area contributed by atoms with E-state index >= 15 is 0 Å². The van der Waals surface area contributed by atoms with Crippen LogP contribution in [0.4, 0.5) is 5.69 Å². The number of likely N-dealkylation sites (tertiary alicyclic amines) is 2. The number of rotatable bonds is 6. The third-order valence-electron chi connectivity index (χ3n) is 5.67. The van der Waals surface area contributed by atoms with Gasteiger partial charge in [-0.3, -0.25) is 9.59 Å². The first-order valence-electron chi connectivity index (χ1n) is 9.38. The number of ether oxygens (including phenoxy) is 1. The lowest BCUT2D eigenvalue weighted by Crippen LogP contribution is -2.51. The van der Waals surface area contributed by atoms with Crippen LogP contribution in [0.2, 0.25) is 0 Å². The molecule has 0 aliphatic carbocycles. The summed E-state index contributed by atoms with van der Waals surface area (Å²) in [6, 6.07) is 9.90. The summed E-state index contributed by atoms with van der Waals surface area (Å²) in [6.07, 6.45) is 2.66. The van der Waals surface area contributed by atoms with Crippen molar-refractivity contribution in [1.82, 2.24) is 9.80 Å². The fourth-order valence-corrected chi connectivity index (χ4v) is 4.11. The average Bonchev–Trinajstić information content (AvgIpc) is 3.09. The molecule has 3 rings (SSSR count). The molecule has 6 heteroatoms. The minimum atomic E-state index is -0.382. The van der Waals surface area contributed by atoms with Gasteiger partial charge in [0.05, 0.1) is 18.6 Å². The summed E-state index contributed by atoms with van der Waals surface area (Å²) in [7, 11) is 3.58. The third-order valence-corrected chi connectivity index (χ3v) is 5.67. The molecule has 0 bridgehead atoms. The predicted octanol–water partition coefficient (Wildman–Crippen LogP) is 1.61. The van der Waals surface area contributed by atoms with Crippen LogP contribution in [0.3, 0.4) is 0 Å². The molecule has 2 aliphatic heterocycles. The molecule has 2 aliphatic rings. The minimum absolute atomic E-state index is 0.0926. The van der Waals surface area contributed by atoms with Crippen LogP contribution in [-0.4, -0.2) is 75.1 Å². The molecular weight excluding hydrogens is 330 g/mol. The number of likely N-dealkylation sites (N-methyl/N-ethyl adjacent to an activating group) is 1. The van der Waals surface area contributed by atoms with E-state index in [0.717, 1.165) is 31.5 Å². The van der Waals surface area contributed by atoms with Crippen molar-refractivity contribution in [3.8, 4) is 0 Å². The maximum absolute atomic E-state index is 13.0. The van der Waals surface area contributed by atoms with Gasteiger partial charge in [-0.1, -0.05) is 18.2 Å². The van der Waals surface area contributed by atoms with Gasteiger partial charge < -0.3 is 19.4 Å². The third kappa shape index (κ3) is 3.85. The van der Waals surface area contributed by atoms with Crippen LogP contribution >= 0.6 is 0 Å². The van der Waals surface area contributed by atoms with Gasteiger partial charge in [-0.05, 0) is 31.4 Å². The number of hydrogen-bond donors (Lipinski definition) is 0. The van der Waals surface area contributed by atoms with Gasteiger partial charge in [-0.25, -0.2) is 0 Å². The molecule has 2 saturated heterocycles. The fourth-order valence-electron chi connectivity index (χ4n) is 4.11. The van der Waals surface area contributed by atoms with E-state index in [1.54, 1.807) is 7.11 Å². The quantitative estimate of drug-likeness (QED) is 0.774. The second-order valence-corrected chi connectivity index (χ2v) is 7.43. The van der Waals surface area contributed by atoms with Gasteiger partial charge in [-0.15, -0.1) is 0 Å². The van der Waals surface area contributed by atoms with Crippen LogP contribution in [0.15, 0.2) is 30.3 Å². The Morgan fingerprint density at radius 3 is 2.73 bits per heavy atom. The van der Waals surface area contributed by atoms with Crippen LogP contribution in [0, 0.1) is 5.41 Å². The van der Waals surface area contributed by atoms with Crippen molar-refractivity contribution in [2.24, 2.45) is 5.41 Å². The van der Waals surface area contributed by atoms with Crippen LogP contribution in [-0.2, 0) is 14.3 Å². The number of benzene rings is 1. The van der Waals surface area contributed by atoms with Crippen molar-refractivity contribution < 1.29 is 14.3 Å². The fraction of sp³-hybridized carbons (Fsp3) is 0.600. The SMILES string of the molecule is COCCN1CCCC2(CCN(C(=O)CN(C)c3ccccc3)C2)C1=O. The number of carbonyl (C=O) groups is 2. The van der Waals surface area contributed by atoms with Crippen molar-refractivity contribution in [2.75, 3.05) is 58.4 Å². The van der Waals surface area contributed by atoms with E-state index in [1.165, 1.54) is 0 Å². The highest BCUT2D eigenvalue weighted by atomic mass is 16.5. The zero-order valence-electron chi connectivity index (χ0n) is 15.8. The molecular formula is C20H29N3O3. The lowest BCUT2D eigenvalue weighted by atomic mass is 9.78. The number of methoxy groups -OCH3 is 1. The number of hydrogen-bond acceptors (Lipinski definition) is 4. The first-order valence-corrected chi connectivity index (χ1v) is 9.38. The first-order chi connectivity index (χ1) is 12.6. The molecule has 2 amide bonds. The van der Waals surface area contributed by atoms with Crippen LogP contribution in [0.5, 0.6) is 0 Å². The standard InChI is InChI=1S/C20H29N3O3/c1-21(17-7-4-3-5-8-17)15-18(24)23-12-10-20(16-23)9-6-11-22(19(20)25)13-14-26-2/h3-5,7-8H,6,9-16H2,1-2H3. The molecule has 1 aromatic rings. The Kier molecular flexibility index (Phi) is 5.81. The summed E-state index contributed by atoms with van der Waals surface area (Å²) in [5, 5.41) is 0. The molecule has 0 radical (unpaired) electrons. The maximum atomic E-state index is 13.0. The maximum Gasteiger partial charge on any atom is 0.242 e. The summed E-state index contributed by atoms with van der Waals surface area (Å²) >= 11 is 0. The van der Waals surface area contributed by atoms with Gasteiger partial charge in [0, 0.05) is 46.0 Å². The summed E-state index contributed by atoms with van der Waals surface area (Å²) in [5.74, 6) is 0.294. The van der Waals surface area contributed by atoms with Gasteiger partial charge >= 0.3 is 0 Å². The van der Waals surface area contributed by atoms with E-state index in [2.05, 4.69) is 0 Å². The molecule has 2 heterocycles. The Morgan fingerprint density at radius 2 is 2.00 bits per heavy atom. The predicted molar refractivity (Wildman–Crippen MR) is 101 cm³/mol. The molecule has 1 atom stereocenters. The number of para-hydroxylation sites is 1. The van der Waals surface area contributed by atoms with E-state index in [-0.39, 0.29) is 17.2 Å². The van der Waals surface area contributed by atoms with Crippen LogP contribution < -0.4 is 4.90 Å². The molecule has 142 valence electrons. The van der Waals surface area contributed by atoms with Crippen LogP contribution in [0.1, 0.15) is 19.3 Å². The highest BCUT2D eigenvalue weighted by molar-refractivity contribution is 5.87. The molecule has 6 nitrogen and oxygen atoms in total. The zero-order chi connectivity index (χ0) is 18.6. The van der Waals surface area contributed by atoms with Crippen molar-refractivity contribution >= 4 is 17.5 Å². The second kappa shape index (κ2) is 8.08. The van der Waals surface area contributed by atoms with Crippen molar-refractivity contribution in [1.29, 1.82) is 0 Å². The number of nitrogens with zero attached hydrogens (tertiary/aromatic N) is 3. The van der Waals surface area contributed by atoms with Crippen molar-refractivity contribution in [3.63, 3.8) is 0 Å². The largest absolute Gasteiger partial charge is 0.383 e. The van der Waals surface area contributed by atoms with Crippen LogP contribution in [0.25, 0.3) is 0 Å². The smallest absolute Gasteiger partial charge is 0.242 e. The molecule has 26 heavy (non-hydrogen) atoms. The highest BCUT2D eigenvalue weighted by Gasteiger charge is 2.49. The minimum Gasteiger partial charge on any atom is -0.383 e. The lowest BCUT2D eigenvalue weighted by Gasteiger charge is -2.39. The van der Waals surface area contributed by atoms with Gasteiger partial charge in [-0.2, -0.15) is 0 Å². The second-order valence-electron chi connectivity index (χ2n) is 7.43. The molecule has 2 fully saturated rings. The van der Waals surface area contributed by atoms with E-state index in [4.69, 9.17) is 4.74 Å². The Balaban J connectivity index is 1.60. The molecule has 0 aromatic heterocycles. The van der Waals surface area contributed by atoms with Gasteiger partial charge in [0.25, 0.3) is 0 Å². The van der Waals surface area contributed by atoms with E-state index in [9.17, 15) is 9.59 Å². The molecule has 0 saturated carbocycles. The number of piperidine rings is 1. The molecule has 1 spiro atoms. The van der Waals surface area contributed by atoms with E-state index < -0.39 is 0 Å². The van der Waals surface area contributed by atoms with Gasteiger partial charge in [0.1, 0.15) is 0 Å². The Bertz CT molecular complexity index is 636. The number of anilines is 1. The van der Waals surface area contributed by atoms with Gasteiger partial charge in [0.15, 0.2) is 0 Å². The topological polar surface area (TPSA) is 53.1 Å². The number of carbonyl (C=O) groups excluding carboxylic acids is 2. The zero-order valence-corrected chi connectivity index (χ0v) is 15.8. The van der Waals surface area contributed by atoms with Crippen molar-refractivity contribution in [3.05, 3.63) is 30.3 Å². The first kappa shape index (κ1) is 18.7. The number of amides is 2. The normalized spacial score (nSPS) is 22.9. The Hall–Kier alpha value is -2.08. The Morgan fingerprint density at radius 1 is 1.23 bits per heavy atom. The summed E-state index contributed by atoms with van der Waals surface area (Å²) in [5.41, 5.74) is 0.640. The molecule has 0 N–H and O–H groups in total. The summed E-state index contributed by atoms with van der Waals surface area (Å²) in [4.78, 5) is 31.5. The molecule has 1 aromatic carbocycles. The monoisotopic (exact) mass is 359 g/mol. The van der Waals surface area contributed by atoms with E-state index in [0.29, 0.717) is 32.8 Å². The summed E-state index contributed by atoms with van der Waals surface area (Å²) in [6.45, 7) is 3.56. The van der Waals surface area contributed by atoms with Crippen molar-refractivity contribution in [2.45, 2.75) is 19.3 Å². The molecule has 1 unspecified atom stereocenters. The average molecular weight is 359 g/mol. The van der Waals surface area contributed by atoms with Gasteiger partial charge in [0.2, 0.25) is 11.8 Å². The summed E-state index contributed by atoms with van der Waals surface area (Å²) < 4.78 is 5.13. The Labute approximate surface area is 155 Å². The lowest BCUT2D eigenvalue weighted by molar-refractivity contribution is -0.146. The highest BCUT2D eigenvalue weighted by Crippen LogP contribution is 2.40.